The predicted molar refractivity (Wildman–Crippen MR) is 66.9 cm³/mol. The number of aromatic nitrogens is 2. The summed E-state index contributed by atoms with van der Waals surface area (Å²) in [5.74, 6) is 0.660. The molecular formula is C12H22N4O. The first kappa shape index (κ1) is 12.4. The summed E-state index contributed by atoms with van der Waals surface area (Å²) in [6.07, 6.45) is 3.67. The summed E-state index contributed by atoms with van der Waals surface area (Å²) in [6.45, 7) is 7.25. The van der Waals surface area contributed by atoms with Gasteiger partial charge in [-0.2, -0.15) is 0 Å². The fourth-order valence-electron chi connectivity index (χ4n) is 2.52. The molecule has 0 radical (unpaired) electrons. The van der Waals surface area contributed by atoms with Gasteiger partial charge in [-0.25, -0.2) is 0 Å². The number of rotatable bonds is 5. The SMILES string of the molecule is CCC1(CC)CCN(c2nnc(CNC)o2)C1. The van der Waals surface area contributed by atoms with E-state index in [4.69, 9.17) is 4.42 Å². The highest BCUT2D eigenvalue weighted by Crippen LogP contribution is 2.38. The van der Waals surface area contributed by atoms with Gasteiger partial charge in [-0.15, -0.1) is 5.10 Å². The van der Waals surface area contributed by atoms with Crippen LogP contribution in [0.5, 0.6) is 0 Å². The van der Waals surface area contributed by atoms with Crippen molar-refractivity contribution in [3.8, 4) is 0 Å². The standard InChI is InChI=1S/C12H22N4O/c1-4-12(5-2)6-7-16(9-12)11-15-14-10(17-11)8-13-3/h13H,4-9H2,1-3H3. The van der Waals surface area contributed by atoms with Crippen LogP contribution in [0.4, 0.5) is 6.01 Å². The van der Waals surface area contributed by atoms with Crippen LogP contribution < -0.4 is 10.2 Å². The molecule has 5 nitrogen and oxygen atoms in total. The molecule has 1 fully saturated rings. The van der Waals surface area contributed by atoms with Crippen LogP contribution in [0.15, 0.2) is 4.42 Å². The van der Waals surface area contributed by atoms with Gasteiger partial charge in [0.2, 0.25) is 5.89 Å². The molecule has 96 valence electrons. The van der Waals surface area contributed by atoms with E-state index in [2.05, 4.69) is 34.3 Å². The van der Waals surface area contributed by atoms with Crippen molar-refractivity contribution in [1.29, 1.82) is 0 Å². The summed E-state index contributed by atoms with van der Waals surface area (Å²) >= 11 is 0. The topological polar surface area (TPSA) is 54.2 Å². The first-order valence-electron chi connectivity index (χ1n) is 6.45. The summed E-state index contributed by atoms with van der Waals surface area (Å²) in [4.78, 5) is 2.22. The average molecular weight is 238 g/mol. The van der Waals surface area contributed by atoms with Gasteiger partial charge in [-0.05, 0) is 31.7 Å². The third-order valence-corrected chi connectivity index (χ3v) is 3.99. The second-order valence-electron chi connectivity index (χ2n) is 4.89. The van der Waals surface area contributed by atoms with Crippen molar-refractivity contribution >= 4 is 6.01 Å². The molecule has 0 atom stereocenters. The van der Waals surface area contributed by atoms with Crippen molar-refractivity contribution in [2.24, 2.45) is 5.41 Å². The molecule has 2 rings (SSSR count). The van der Waals surface area contributed by atoms with Crippen LogP contribution in [0.1, 0.15) is 39.0 Å². The molecule has 0 aliphatic carbocycles. The minimum Gasteiger partial charge on any atom is -0.407 e. The van der Waals surface area contributed by atoms with Crippen LogP contribution in [0.3, 0.4) is 0 Å². The molecule has 0 saturated carbocycles. The summed E-state index contributed by atoms with van der Waals surface area (Å²) in [5.41, 5.74) is 0.442. The Labute approximate surface area is 103 Å². The molecule has 1 aromatic rings. The van der Waals surface area contributed by atoms with E-state index in [1.54, 1.807) is 0 Å². The van der Waals surface area contributed by atoms with Crippen LogP contribution in [0, 0.1) is 5.41 Å². The first-order chi connectivity index (χ1) is 8.23. The Morgan fingerprint density at radius 3 is 2.71 bits per heavy atom. The van der Waals surface area contributed by atoms with Gasteiger partial charge < -0.3 is 14.6 Å². The number of nitrogens with zero attached hydrogens (tertiary/aromatic N) is 3. The Hall–Kier alpha value is -1.10. The van der Waals surface area contributed by atoms with E-state index in [-0.39, 0.29) is 0 Å². The largest absolute Gasteiger partial charge is 0.407 e. The van der Waals surface area contributed by atoms with E-state index in [0.29, 0.717) is 23.9 Å². The maximum absolute atomic E-state index is 5.63. The number of hydrogen-bond donors (Lipinski definition) is 1. The van der Waals surface area contributed by atoms with Crippen LogP contribution in [-0.4, -0.2) is 30.3 Å². The minimum atomic E-state index is 0.442. The van der Waals surface area contributed by atoms with Crippen LogP contribution in [-0.2, 0) is 6.54 Å². The molecule has 1 N–H and O–H groups in total. The Bertz CT molecular complexity index is 359. The molecule has 1 aliphatic heterocycles. The zero-order valence-corrected chi connectivity index (χ0v) is 11.0. The molecular weight excluding hydrogens is 216 g/mol. The Morgan fingerprint density at radius 1 is 1.35 bits per heavy atom. The molecule has 1 aliphatic rings. The monoisotopic (exact) mass is 238 g/mol. The lowest BCUT2D eigenvalue weighted by Gasteiger charge is -2.25. The molecule has 0 aromatic carbocycles. The third kappa shape index (κ3) is 2.44. The van der Waals surface area contributed by atoms with Gasteiger partial charge in [-0.1, -0.05) is 18.9 Å². The van der Waals surface area contributed by atoms with Gasteiger partial charge in [0.25, 0.3) is 0 Å². The fourth-order valence-corrected chi connectivity index (χ4v) is 2.52. The van der Waals surface area contributed by atoms with Crippen molar-refractivity contribution in [2.45, 2.75) is 39.7 Å². The molecule has 1 saturated heterocycles. The van der Waals surface area contributed by atoms with E-state index < -0.39 is 0 Å². The maximum Gasteiger partial charge on any atom is 0.318 e. The van der Waals surface area contributed by atoms with E-state index in [1.807, 2.05) is 7.05 Å². The summed E-state index contributed by atoms with van der Waals surface area (Å²) < 4.78 is 5.63. The maximum atomic E-state index is 5.63. The van der Waals surface area contributed by atoms with Gasteiger partial charge in [0.05, 0.1) is 6.54 Å². The van der Waals surface area contributed by atoms with Gasteiger partial charge in [0.15, 0.2) is 0 Å². The second-order valence-corrected chi connectivity index (χ2v) is 4.89. The number of nitrogens with one attached hydrogen (secondary N) is 1. The van der Waals surface area contributed by atoms with Gasteiger partial charge in [-0.3, -0.25) is 0 Å². The van der Waals surface area contributed by atoms with E-state index in [9.17, 15) is 0 Å². The fraction of sp³-hybridized carbons (Fsp3) is 0.833. The van der Waals surface area contributed by atoms with Crippen molar-refractivity contribution < 1.29 is 4.42 Å². The van der Waals surface area contributed by atoms with E-state index >= 15 is 0 Å². The molecule has 1 aromatic heterocycles. The van der Waals surface area contributed by atoms with Gasteiger partial charge >= 0.3 is 6.01 Å². The predicted octanol–water partition coefficient (Wildman–Crippen LogP) is 1.81. The van der Waals surface area contributed by atoms with Crippen LogP contribution in [0.2, 0.25) is 0 Å². The lowest BCUT2D eigenvalue weighted by atomic mass is 9.82. The van der Waals surface area contributed by atoms with Gasteiger partial charge in [0.1, 0.15) is 0 Å². The summed E-state index contributed by atoms with van der Waals surface area (Å²) in [6, 6.07) is 0.680. The Kier molecular flexibility index (Phi) is 3.66. The molecule has 5 heteroatoms. The number of anilines is 1. The van der Waals surface area contributed by atoms with Crippen molar-refractivity contribution in [3.05, 3.63) is 5.89 Å². The first-order valence-corrected chi connectivity index (χ1v) is 6.45. The number of hydrogen-bond acceptors (Lipinski definition) is 5. The molecule has 0 amide bonds. The lowest BCUT2D eigenvalue weighted by molar-refractivity contribution is 0.300. The molecule has 0 spiro atoms. The van der Waals surface area contributed by atoms with Crippen LogP contribution >= 0.6 is 0 Å². The molecule has 0 bridgehead atoms. The highest BCUT2D eigenvalue weighted by atomic mass is 16.4. The lowest BCUT2D eigenvalue weighted by Crippen LogP contribution is -2.26. The third-order valence-electron chi connectivity index (χ3n) is 3.99. The quantitative estimate of drug-likeness (QED) is 0.847. The molecule has 17 heavy (non-hydrogen) atoms. The van der Waals surface area contributed by atoms with E-state index in [1.165, 1.54) is 19.3 Å². The van der Waals surface area contributed by atoms with Crippen LogP contribution in [0.25, 0.3) is 0 Å². The van der Waals surface area contributed by atoms with Crippen molar-refractivity contribution in [3.63, 3.8) is 0 Å². The minimum absolute atomic E-state index is 0.442. The smallest absolute Gasteiger partial charge is 0.318 e. The zero-order valence-electron chi connectivity index (χ0n) is 11.0. The van der Waals surface area contributed by atoms with Crippen molar-refractivity contribution in [1.82, 2.24) is 15.5 Å². The Balaban J connectivity index is 2.04. The zero-order chi connectivity index (χ0) is 12.3. The summed E-state index contributed by atoms with van der Waals surface area (Å²) in [7, 11) is 1.87. The molecule has 2 heterocycles. The summed E-state index contributed by atoms with van der Waals surface area (Å²) in [5, 5.41) is 11.2. The normalized spacial score (nSPS) is 18.9. The van der Waals surface area contributed by atoms with E-state index in [0.717, 1.165) is 13.1 Å². The highest BCUT2D eigenvalue weighted by molar-refractivity contribution is 5.28. The molecule has 0 unspecified atom stereocenters. The highest BCUT2D eigenvalue weighted by Gasteiger charge is 2.36. The van der Waals surface area contributed by atoms with Gasteiger partial charge in [0, 0.05) is 13.1 Å². The Morgan fingerprint density at radius 2 is 2.12 bits per heavy atom. The second kappa shape index (κ2) is 5.04. The van der Waals surface area contributed by atoms with Crippen molar-refractivity contribution in [2.75, 3.05) is 25.0 Å². The average Bonchev–Trinajstić information content (AvgIpc) is 2.96.